The Bertz CT molecular complexity index is 1260. The summed E-state index contributed by atoms with van der Waals surface area (Å²) in [5, 5.41) is 13.6. The summed E-state index contributed by atoms with van der Waals surface area (Å²) in [6.07, 6.45) is 1.55. The lowest BCUT2D eigenvalue weighted by atomic mass is 10.1. The fourth-order valence-corrected chi connectivity index (χ4v) is 3.70. The van der Waals surface area contributed by atoms with Crippen LogP contribution in [0.15, 0.2) is 83.0 Å². The molecule has 0 aromatic heterocycles. The Labute approximate surface area is 197 Å². The maximum Gasteiger partial charge on any atom is 0.329 e. The standard InChI is InChI=1S/C24H18BrN3O5/c25-19-9-10-22(33-15-17-7-4-8-20(11-17)28(31)32)18(12-19)13-21-23(29)27(24(30)26-21)14-16-5-2-1-3-6-16/h1-13H,14-15H2,(H,26,30)/b21-13+. The molecule has 0 unspecified atom stereocenters. The minimum absolute atomic E-state index is 0.0213. The third-order valence-electron chi connectivity index (χ3n) is 4.93. The molecule has 3 aromatic carbocycles. The predicted octanol–water partition coefficient (Wildman–Crippen LogP) is 5.03. The number of halogens is 1. The maximum atomic E-state index is 12.9. The van der Waals surface area contributed by atoms with Crippen molar-refractivity contribution in [3.05, 3.63) is 110 Å². The number of nitrogens with zero attached hydrogens (tertiary/aromatic N) is 2. The van der Waals surface area contributed by atoms with Gasteiger partial charge in [-0.3, -0.25) is 19.8 Å². The highest BCUT2D eigenvalue weighted by Gasteiger charge is 2.33. The molecule has 3 amide bonds. The number of hydrogen-bond acceptors (Lipinski definition) is 5. The lowest BCUT2D eigenvalue weighted by Crippen LogP contribution is -2.30. The number of ether oxygens (including phenoxy) is 1. The highest BCUT2D eigenvalue weighted by Crippen LogP contribution is 2.28. The minimum atomic E-state index is -0.496. The summed E-state index contributed by atoms with van der Waals surface area (Å²) in [6, 6.07) is 20.2. The molecule has 1 fully saturated rings. The van der Waals surface area contributed by atoms with Gasteiger partial charge in [0, 0.05) is 22.2 Å². The molecule has 9 heteroatoms. The number of nitro benzene ring substituents is 1. The summed E-state index contributed by atoms with van der Waals surface area (Å²) in [4.78, 5) is 36.9. The number of non-ortho nitro benzene ring substituents is 1. The van der Waals surface area contributed by atoms with E-state index in [4.69, 9.17) is 4.74 Å². The van der Waals surface area contributed by atoms with Gasteiger partial charge in [0.05, 0.1) is 11.5 Å². The lowest BCUT2D eigenvalue weighted by Gasteiger charge is -2.12. The second kappa shape index (κ2) is 9.66. The molecule has 1 N–H and O–H groups in total. The Kier molecular flexibility index (Phi) is 6.50. The monoisotopic (exact) mass is 507 g/mol. The van der Waals surface area contributed by atoms with Crippen LogP contribution in [0.1, 0.15) is 16.7 Å². The first kappa shape index (κ1) is 22.2. The van der Waals surface area contributed by atoms with Crippen molar-refractivity contribution < 1.29 is 19.2 Å². The van der Waals surface area contributed by atoms with Crippen molar-refractivity contribution in [3.63, 3.8) is 0 Å². The first-order valence-electron chi connectivity index (χ1n) is 9.95. The van der Waals surface area contributed by atoms with Crippen LogP contribution < -0.4 is 10.1 Å². The van der Waals surface area contributed by atoms with E-state index in [0.717, 1.165) is 14.9 Å². The first-order chi connectivity index (χ1) is 15.9. The topological polar surface area (TPSA) is 102 Å². The second-order valence-corrected chi connectivity index (χ2v) is 8.18. The van der Waals surface area contributed by atoms with Gasteiger partial charge in [-0.1, -0.05) is 58.4 Å². The van der Waals surface area contributed by atoms with E-state index < -0.39 is 16.9 Å². The molecule has 0 radical (unpaired) electrons. The number of imide groups is 1. The van der Waals surface area contributed by atoms with Crippen LogP contribution in [-0.4, -0.2) is 21.8 Å². The Morgan fingerprint density at radius 2 is 1.76 bits per heavy atom. The Balaban J connectivity index is 1.55. The molecule has 1 aliphatic rings. The van der Waals surface area contributed by atoms with Crippen LogP contribution in [0, 0.1) is 10.1 Å². The number of rotatable bonds is 7. The highest BCUT2D eigenvalue weighted by atomic mass is 79.9. The fraction of sp³-hybridized carbons (Fsp3) is 0.0833. The number of carbonyl (C=O) groups excluding carboxylic acids is 2. The molecule has 166 valence electrons. The average molecular weight is 508 g/mol. The molecule has 0 bridgehead atoms. The van der Waals surface area contributed by atoms with Gasteiger partial charge in [0.2, 0.25) is 0 Å². The molecule has 0 saturated carbocycles. The van der Waals surface area contributed by atoms with Crippen LogP contribution in [0.25, 0.3) is 6.08 Å². The summed E-state index contributed by atoms with van der Waals surface area (Å²) >= 11 is 3.41. The van der Waals surface area contributed by atoms with Gasteiger partial charge in [0.1, 0.15) is 18.1 Å². The molecule has 1 aliphatic heterocycles. The van der Waals surface area contributed by atoms with E-state index in [0.29, 0.717) is 16.9 Å². The largest absolute Gasteiger partial charge is 0.488 e. The molecular weight excluding hydrogens is 490 g/mol. The van der Waals surface area contributed by atoms with Crippen LogP contribution in [-0.2, 0) is 17.9 Å². The van der Waals surface area contributed by atoms with E-state index >= 15 is 0 Å². The molecule has 33 heavy (non-hydrogen) atoms. The van der Waals surface area contributed by atoms with Crippen LogP contribution in [0.5, 0.6) is 5.75 Å². The third-order valence-corrected chi connectivity index (χ3v) is 5.43. The van der Waals surface area contributed by atoms with E-state index in [1.807, 2.05) is 30.3 Å². The summed E-state index contributed by atoms with van der Waals surface area (Å²) in [5.41, 5.74) is 2.15. The fourth-order valence-electron chi connectivity index (χ4n) is 3.32. The van der Waals surface area contributed by atoms with Crippen molar-refractivity contribution in [2.75, 3.05) is 0 Å². The van der Waals surface area contributed by atoms with Crippen molar-refractivity contribution >= 4 is 39.6 Å². The van der Waals surface area contributed by atoms with Crippen LogP contribution in [0.3, 0.4) is 0 Å². The summed E-state index contributed by atoms with van der Waals surface area (Å²) in [7, 11) is 0. The van der Waals surface area contributed by atoms with Gasteiger partial charge in [-0.05, 0) is 35.4 Å². The van der Waals surface area contributed by atoms with Crippen molar-refractivity contribution in [2.45, 2.75) is 13.2 Å². The molecule has 4 rings (SSSR count). The van der Waals surface area contributed by atoms with Crippen LogP contribution in [0.2, 0.25) is 0 Å². The summed E-state index contributed by atoms with van der Waals surface area (Å²) < 4.78 is 6.64. The maximum absolute atomic E-state index is 12.9. The normalized spacial score (nSPS) is 14.5. The molecule has 1 saturated heterocycles. The smallest absolute Gasteiger partial charge is 0.329 e. The molecule has 8 nitrogen and oxygen atoms in total. The Morgan fingerprint density at radius 1 is 1.00 bits per heavy atom. The van der Waals surface area contributed by atoms with E-state index in [1.165, 1.54) is 12.1 Å². The summed E-state index contributed by atoms with van der Waals surface area (Å²) in [5.74, 6) is 0.0224. The van der Waals surface area contributed by atoms with Crippen molar-refractivity contribution in [3.8, 4) is 5.75 Å². The Morgan fingerprint density at radius 3 is 2.52 bits per heavy atom. The zero-order valence-electron chi connectivity index (χ0n) is 17.2. The molecule has 0 spiro atoms. The molecular formula is C24H18BrN3O5. The van der Waals surface area contributed by atoms with E-state index in [2.05, 4.69) is 21.2 Å². The zero-order chi connectivity index (χ0) is 23.4. The average Bonchev–Trinajstić information content (AvgIpc) is 3.07. The van der Waals surface area contributed by atoms with Gasteiger partial charge in [-0.25, -0.2) is 4.79 Å². The van der Waals surface area contributed by atoms with Crippen molar-refractivity contribution in [1.29, 1.82) is 0 Å². The number of hydrogen-bond donors (Lipinski definition) is 1. The molecule has 0 atom stereocenters. The number of urea groups is 1. The second-order valence-electron chi connectivity index (χ2n) is 7.26. The lowest BCUT2D eigenvalue weighted by molar-refractivity contribution is -0.384. The number of nitrogens with one attached hydrogen (secondary N) is 1. The number of amides is 3. The van der Waals surface area contributed by atoms with Gasteiger partial charge < -0.3 is 10.1 Å². The van der Waals surface area contributed by atoms with Gasteiger partial charge in [-0.15, -0.1) is 0 Å². The van der Waals surface area contributed by atoms with E-state index in [1.54, 1.807) is 36.4 Å². The number of carbonyl (C=O) groups is 2. The van der Waals surface area contributed by atoms with Crippen LogP contribution >= 0.6 is 15.9 Å². The summed E-state index contributed by atoms with van der Waals surface area (Å²) in [6.45, 7) is 0.261. The van der Waals surface area contributed by atoms with E-state index in [9.17, 15) is 19.7 Å². The number of nitro groups is 1. The highest BCUT2D eigenvalue weighted by molar-refractivity contribution is 9.10. The van der Waals surface area contributed by atoms with E-state index in [-0.39, 0.29) is 24.5 Å². The number of benzene rings is 3. The van der Waals surface area contributed by atoms with Gasteiger partial charge in [0.25, 0.3) is 11.6 Å². The van der Waals surface area contributed by atoms with Crippen molar-refractivity contribution in [2.24, 2.45) is 0 Å². The predicted molar refractivity (Wildman–Crippen MR) is 125 cm³/mol. The quantitative estimate of drug-likeness (QED) is 0.209. The zero-order valence-corrected chi connectivity index (χ0v) is 18.8. The minimum Gasteiger partial charge on any atom is -0.488 e. The van der Waals surface area contributed by atoms with Crippen molar-refractivity contribution in [1.82, 2.24) is 10.2 Å². The third kappa shape index (κ3) is 5.27. The Hall–Kier alpha value is -3.98. The molecule has 1 heterocycles. The SMILES string of the molecule is O=C1N/C(=C/c2cc(Br)ccc2OCc2cccc([N+](=O)[O-])c2)C(=O)N1Cc1ccccc1. The van der Waals surface area contributed by atoms with Crippen LogP contribution in [0.4, 0.5) is 10.5 Å². The molecule has 0 aliphatic carbocycles. The van der Waals surface area contributed by atoms with Gasteiger partial charge in [0.15, 0.2) is 0 Å². The van der Waals surface area contributed by atoms with Gasteiger partial charge in [-0.2, -0.15) is 0 Å². The molecule has 3 aromatic rings. The first-order valence-corrected chi connectivity index (χ1v) is 10.7. The van der Waals surface area contributed by atoms with Gasteiger partial charge >= 0.3 is 6.03 Å².